The van der Waals surface area contributed by atoms with Gasteiger partial charge in [-0.25, -0.2) is 4.79 Å². The maximum absolute atomic E-state index is 13.2. The van der Waals surface area contributed by atoms with Crippen LogP contribution in [0.25, 0.3) is 5.69 Å². The first kappa shape index (κ1) is 30.1. The molecule has 3 aromatic rings. The number of carbonyl (C=O) groups is 2. The zero-order chi connectivity index (χ0) is 29.9. The number of aliphatic hydroxyl groups excluding tert-OH is 1. The van der Waals surface area contributed by atoms with E-state index in [0.717, 1.165) is 0 Å². The lowest BCUT2D eigenvalue weighted by atomic mass is 10.2. The third kappa shape index (κ3) is 6.89. The molecule has 0 spiro atoms. The SMILES string of the molecule is N=C(c1ccc(Cl)cc1)N(C[C@H](O)C(F)(F)F)C(=O)NCc1nc(N2CCC[C@H]2C(N)=O)n(-c2ccccc2Cl)n1. The predicted octanol–water partition coefficient (Wildman–Crippen LogP) is 3.49. The van der Waals surface area contributed by atoms with Crippen LogP contribution in [-0.4, -0.2) is 74.0 Å². The van der Waals surface area contributed by atoms with E-state index in [9.17, 15) is 27.9 Å². The highest BCUT2D eigenvalue weighted by Gasteiger charge is 2.41. The standard InChI is InChI=1S/C25H25Cl2F3N8O3/c26-15-9-7-14(8-10-15)21(31)37(13-19(39)25(28,29)30)24(41)33-12-20-34-23(36-11-3-6-18(36)22(32)40)38(35-20)17-5-2-1-4-16(17)27/h1-2,4-5,7-10,18-19,31,39H,3,6,11-13H2,(H2,32,40)(H,33,41)/t18-,19-/m0/s1. The third-order valence-electron chi connectivity index (χ3n) is 6.32. The number of carbonyl (C=O) groups excluding carboxylic acids is 2. The van der Waals surface area contributed by atoms with Crippen molar-refractivity contribution in [2.75, 3.05) is 18.0 Å². The molecule has 0 bridgehead atoms. The van der Waals surface area contributed by atoms with Crippen LogP contribution in [0.15, 0.2) is 48.5 Å². The van der Waals surface area contributed by atoms with Gasteiger partial charge < -0.3 is 21.1 Å². The van der Waals surface area contributed by atoms with Gasteiger partial charge in [-0.1, -0.05) is 35.3 Å². The van der Waals surface area contributed by atoms with Gasteiger partial charge in [0, 0.05) is 17.1 Å². The molecule has 16 heteroatoms. The number of primary amides is 1. The van der Waals surface area contributed by atoms with Gasteiger partial charge in [-0.05, 0) is 49.2 Å². The van der Waals surface area contributed by atoms with Crippen molar-refractivity contribution < 1.29 is 27.9 Å². The van der Waals surface area contributed by atoms with Crippen molar-refractivity contribution >= 4 is 46.9 Å². The van der Waals surface area contributed by atoms with Gasteiger partial charge in [0.25, 0.3) is 0 Å². The van der Waals surface area contributed by atoms with Gasteiger partial charge in [0.1, 0.15) is 11.9 Å². The van der Waals surface area contributed by atoms with Gasteiger partial charge in [0.15, 0.2) is 11.9 Å². The molecule has 3 amide bonds. The second-order valence-corrected chi connectivity index (χ2v) is 9.97. The molecule has 2 aromatic carbocycles. The number of aromatic nitrogens is 3. The molecule has 0 aliphatic carbocycles. The van der Waals surface area contributed by atoms with Crippen molar-refractivity contribution in [3.05, 3.63) is 70.0 Å². The van der Waals surface area contributed by atoms with Crippen LogP contribution < -0.4 is 16.0 Å². The Morgan fingerprint density at radius 1 is 1.20 bits per heavy atom. The Labute approximate surface area is 242 Å². The molecule has 4 rings (SSSR count). The van der Waals surface area contributed by atoms with E-state index in [1.165, 1.54) is 28.9 Å². The Morgan fingerprint density at radius 2 is 1.88 bits per heavy atom. The van der Waals surface area contributed by atoms with Crippen molar-refractivity contribution in [3.8, 4) is 5.69 Å². The summed E-state index contributed by atoms with van der Waals surface area (Å²) in [5, 5.41) is 25.5. The molecule has 1 aliphatic rings. The average molecular weight is 613 g/mol. The molecule has 0 unspecified atom stereocenters. The van der Waals surface area contributed by atoms with Crippen LogP contribution in [0.2, 0.25) is 10.0 Å². The number of anilines is 1. The number of amides is 3. The summed E-state index contributed by atoms with van der Waals surface area (Å²) in [6.07, 6.45) is -6.78. The zero-order valence-electron chi connectivity index (χ0n) is 21.3. The van der Waals surface area contributed by atoms with E-state index >= 15 is 0 Å². The molecule has 1 aliphatic heterocycles. The molecule has 218 valence electrons. The Hall–Kier alpha value is -3.88. The maximum atomic E-state index is 13.2. The van der Waals surface area contributed by atoms with E-state index in [4.69, 9.17) is 34.3 Å². The largest absolute Gasteiger partial charge is 0.416 e. The van der Waals surface area contributed by atoms with Crippen LogP contribution >= 0.6 is 23.2 Å². The van der Waals surface area contributed by atoms with Crippen LogP contribution in [0.1, 0.15) is 24.2 Å². The summed E-state index contributed by atoms with van der Waals surface area (Å²) in [6, 6.07) is 10.5. The summed E-state index contributed by atoms with van der Waals surface area (Å²) >= 11 is 12.2. The minimum Gasteiger partial charge on any atom is -0.382 e. The summed E-state index contributed by atoms with van der Waals surface area (Å²) < 4.78 is 40.9. The highest BCUT2D eigenvalue weighted by Crippen LogP contribution is 2.29. The second-order valence-electron chi connectivity index (χ2n) is 9.13. The fourth-order valence-electron chi connectivity index (χ4n) is 4.26. The molecule has 0 saturated carbocycles. The molecule has 2 atom stereocenters. The second kappa shape index (κ2) is 12.3. The molecule has 2 heterocycles. The molecular formula is C25H25Cl2F3N8O3. The lowest BCUT2D eigenvalue weighted by Crippen LogP contribution is -2.50. The van der Waals surface area contributed by atoms with Crippen molar-refractivity contribution in [2.24, 2.45) is 5.73 Å². The van der Waals surface area contributed by atoms with Crippen LogP contribution in [0.3, 0.4) is 0 Å². The Morgan fingerprint density at radius 3 is 2.51 bits per heavy atom. The van der Waals surface area contributed by atoms with Gasteiger partial charge in [0.05, 0.1) is 23.8 Å². The highest BCUT2D eigenvalue weighted by molar-refractivity contribution is 6.32. The summed E-state index contributed by atoms with van der Waals surface area (Å²) in [6.45, 7) is -1.16. The number of benzene rings is 2. The first-order valence-corrected chi connectivity index (χ1v) is 13.0. The van der Waals surface area contributed by atoms with Gasteiger partial charge >= 0.3 is 12.2 Å². The van der Waals surface area contributed by atoms with Crippen molar-refractivity contribution in [1.29, 1.82) is 5.41 Å². The molecule has 0 radical (unpaired) electrons. The Balaban J connectivity index is 1.62. The number of hydrogen-bond acceptors (Lipinski definition) is 7. The zero-order valence-corrected chi connectivity index (χ0v) is 22.8. The number of rotatable bonds is 8. The van der Waals surface area contributed by atoms with Crippen LogP contribution in [0, 0.1) is 5.41 Å². The predicted molar refractivity (Wildman–Crippen MR) is 145 cm³/mol. The Kier molecular flexibility index (Phi) is 9.05. The molecule has 1 saturated heterocycles. The summed E-state index contributed by atoms with van der Waals surface area (Å²) in [4.78, 5) is 31.7. The monoisotopic (exact) mass is 612 g/mol. The summed E-state index contributed by atoms with van der Waals surface area (Å²) in [7, 11) is 0. The fraction of sp³-hybridized carbons (Fsp3) is 0.320. The van der Waals surface area contributed by atoms with Crippen LogP contribution in [-0.2, 0) is 11.3 Å². The van der Waals surface area contributed by atoms with Gasteiger partial charge in [-0.15, -0.1) is 5.10 Å². The molecule has 1 fully saturated rings. The number of amidine groups is 1. The van der Waals surface area contributed by atoms with Crippen LogP contribution in [0.5, 0.6) is 0 Å². The minimum absolute atomic E-state index is 0.0396. The number of urea groups is 1. The number of aliphatic hydroxyl groups is 1. The normalized spacial score (nSPS) is 16.0. The smallest absolute Gasteiger partial charge is 0.382 e. The summed E-state index contributed by atoms with van der Waals surface area (Å²) in [5.41, 5.74) is 6.11. The number of nitrogens with zero attached hydrogens (tertiary/aromatic N) is 5. The van der Waals surface area contributed by atoms with Gasteiger partial charge in [0.2, 0.25) is 11.9 Å². The van der Waals surface area contributed by atoms with Crippen molar-refractivity contribution in [1.82, 2.24) is 25.0 Å². The quantitative estimate of drug-likeness (QED) is 0.226. The maximum Gasteiger partial charge on any atom is 0.416 e. The van der Waals surface area contributed by atoms with E-state index in [1.807, 2.05) is 0 Å². The molecular weight excluding hydrogens is 588 g/mol. The van der Waals surface area contributed by atoms with Gasteiger partial charge in [-0.3, -0.25) is 15.1 Å². The van der Waals surface area contributed by atoms with E-state index in [1.54, 1.807) is 29.2 Å². The van der Waals surface area contributed by atoms with Gasteiger partial charge in [-0.2, -0.15) is 22.8 Å². The first-order chi connectivity index (χ1) is 19.4. The van der Waals surface area contributed by atoms with E-state index in [-0.39, 0.29) is 23.9 Å². The Bertz CT molecular complexity index is 1430. The fourth-order valence-corrected chi connectivity index (χ4v) is 4.60. The molecule has 1 aromatic heterocycles. The number of alkyl halides is 3. The number of nitrogens with two attached hydrogens (primary N) is 1. The van der Waals surface area contributed by atoms with Crippen molar-refractivity contribution in [3.63, 3.8) is 0 Å². The number of halogens is 5. The number of hydrogen-bond donors (Lipinski definition) is 4. The molecule has 11 nitrogen and oxygen atoms in total. The first-order valence-electron chi connectivity index (χ1n) is 12.3. The van der Waals surface area contributed by atoms with E-state index in [0.29, 0.717) is 40.0 Å². The van der Waals surface area contributed by atoms with Crippen molar-refractivity contribution in [2.45, 2.75) is 37.7 Å². The molecule has 41 heavy (non-hydrogen) atoms. The number of para-hydroxylation sites is 1. The average Bonchev–Trinajstić information content (AvgIpc) is 3.57. The summed E-state index contributed by atoms with van der Waals surface area (Å²) in [5.74, 6) is -0.871. The van der Waals surface area contributed by atoms with Crippen LogP contribution in [0.4, 0.5) is 23.9 Å². The number of nitrogens with one attached hydrogen (secondary N) is 2. The lowest BCUT2D eigenvalue weighted by Gasteiger charge is -2.27. The lowest BCUT2D eigenvalue weighted by molar-refractivity contribution is -0.204. The van der Waals surface area contributed by atoms with E-state index < -0.39 is 42.6 Å². The highest BCUT2D eigenvalue weighted by atomic mass is 35.5. The minimum atomic E-state index is -5.03. The third-order valence-corrected chi connectivity index (χ3v) is 6.89. The van der Waals surface area contributed by atoms with E-state index in [2.05, 4.69) is 15.4 Å². The molecule has 5 N–H and O–H groups in total. The topological polar surface area (TPSA) is 153 Å².